The second-order valence-corrected chi connectivity index (χ2v) is 4.90. The van der Waals surface area contributed by atoms with Crippen molar-refractivity contribution in [2.45, 2.75) is 18.9 Å². The number of nitrogens with one attached hydrogen (secondary N) is 2. The van der Waals surface area contributed by atoms with Crippen LogP contribution in [0.5, 0.6) is 0 Å². The van der Waals surface area contributed by atoms with Crippen LogP contribution in [0.4, 0.5) is 0 Å². The van der Waals surface area contributed by atoms with Gasteiger partial charge in [0.25, 0.3) is 5.91 Å². The summed E-state index contributed by atoms with van der Waals surface area (Å²) >= 11 is 6.12. The molecule has 2 N–H and O–H groups in total. The Hall–Kier alpha value is -1.06. The molecule has 0 saturated carbocycles. The van der Waals surface area contributed by atoms with Crippen molar-refractivity contribution < 1.29 is 4.79 Å². The molecular formula is C12H13ClN2O. The van der Waals surface area contributed by atoms with Crippen molar-refractivity contribution in [3.05, 3.63) is 33.8 Å². The molecule has 0 bridgehead atoms. The molecule has 0 spiro atoms. The van der Waals surface area contributed by atoms with E-state index in [0.717, 1.165) is 24.2 Å². The van der Waals surface area contributed by atoms with Crippen LogP contribution in [0.25, 0.3) is 0 Å². The Kier molecular flexibility index (Phi) is 2.19. The number of hydrogen-bond acceptors (Lipinski definition) is 2. The maximum atomic E-state index is 12.0. The van der Waals surface area contributed by atoms with Crippen LogP contribution >= 0.6 is 11.6 Å². The minimum Gasteiger partial charge on any atom is -0.347 e. The maximum absolute atomic E-state index is 12.0. The summed E-state index contributed by atoms with van der Waals surface area (Å²) in [5, 5.41) is 6.89. The zero-order chi connectivity index (χ0) is 11.3. The molecule has 84 valence electrons. The molecule has 0 aromatic heterocycles. The van der Waals surface area contributed by atoms with E-state index in [-0.39, 0.29) is 11.9 Å². The van der Waals surface area contributed by atoms with Gasteiger partial charge in [0.2, 0.25) is 0 Å². The van der Waals surface area contributed by atoms with Crippen molar-refractivity contribution in [2.75, 3.05) is 13.1 Å². The maximum Gasteiger partial charge on any atom is 0.253 e. The van der Waals surface area contributed by atoms with E-state index in [4.69, 9.17) is 11.6 Å². The summed E-state index contributed by atoms with van der Waals surface area (Å²) in [5.74, 6) is 0.333. The molecule has 1 aromatic carbocycles. The van der Waals surface area contributed by atoms with Crippen LogP contribution in [-0.2, 0) is 0 Å². The largest absolute Gasteiger partial charge is 0.347 e. The summed E-state index contributed by atoms with van der Waals surface area (Å²) in [6.07, 6.45) is 0. The Bertz CT molecular complexity index is 472. The van der Waals surface area contributed by atoms with Crippen molar-refractivity contribution in [2.24, 2.45) is 0 Å². The van der Waals surface area contributed by atoms with Gasteiger partial charge in [0, 0.05) is 25.0 Å². The Morgan fingerprint density at radius 3 is 3.00 bits per heavy atom. The third-order valence-corrected chi connectivity index (χ3v) is 3.86. The van der Waals surface area contributed by atoms with Gasteiger partial charge in [0.15, 0.2) is 0 Å². The van der Waals surface area contributed by atoms with Crippen molar-refractivity contribution in [1.82, 2.24) is 10.6 Å². The van der Waals surface area contributed by atoms with Gasteiger partial charge < -0.3 is 10.6 Å². The summed E-state index contributed by atoms with van der Waals surface area (Å²) < 4.78 is 0. The average Bonchev–Trinajstić information content (AvgIpc) is 2.70. The Morgan fingerprint density at radius 1 is 1.38 bits per heavy atom. The Balaban J connectivity index is 2.24. The number of benzene rings is 1. The van der Waals surface area contributed by atoms with Crippen LogP contribution in [0.15, 0.2) is 12.1 Å². The van der Waals surface area contributed by atoms with Gasteiger partial charge in [-0.1, -0.05) is 17.7 Å². The fraction of sp³-hybridized carbons (Fsp3) is 0.417. The first-order valence-electron chi connectivity index (χ1n) is 5.49. The normalized spacial score (nSPS) is 27.2. The number of halogens is 1. The number of rotatable bonds is 0. The highest BCUT2D eigenvalue weighted by atomic mass is 35.5. The van der Waals surface area contributed by atoms with E-state index in [1.807, 2.05) is 13.0 Å². The number of aryl methyl sites for hydroxylation is 1. The fourth-order valence-electron chi connectivity index (χ4n) is 2.78. The number of fused-ring (bicyclic) bond motifs is 3. The zero-order valence-electron chi connectivity index (χ0n) is 9.01. The van der Waals surface area contributed by atoms with E-state index < -0.39 is 0 Å². The van der Waals surface area contributed by atoms with Gasteiger partial charge in [-0.2, -0.15) is 0 Å². The van der Waals surface area contributed by atoms with E-state index in [1.54, 1.807) is 6.07 Å². The minimum atomic E-state index is -0.0337. The van der Waals surface area contributed by atoms with E-state index in [9.17, 15) is 4.79 Å². The van der Waals surface area contributed by atoms with Crippen LogP contribution in [0.3, 0.4) is 0 Å². The smallest absolute Gasteiger partial charge is 0.253 e. The topological polar surface area (TPSA) is 41.1 Å². The lowest BCUT2D eigenvalue weighted by Crippen LogP contribution is -2.44. The van der Waals surface area contributed by atoms with Gasteiger partial charge in [-0.3, -0.25) is 4.79 Å². The lowest BCUT2D eigenvalue weighted by atomic mass is 9.83. The van der Waals surface area contributed by atoms with Crippen LogP contribution in [-0.4, -0.2) is 25.0 Å². The molecular weight excluding hydrogens is 224 g/mol. The monoisotopic (exact) mass is 236 g/mol. The van der Waals surface area contributed by atoms with Gasteiger partial charge in [0.1, 0.15) is 0 Å². The molecule has 1 aromatic rings. The third kappa shape index (κ3) is 1.28. The molecule has 1 saturated heterocycles. The highest BCUT2D eigenvalue weighted by molar-refractivity contribution is 6.34. The molecule has 2 aliphatic heterocycles. The van der Waals surface area contributed by atoms with Crippen LogP contribution in [0, 0.1) is 6.92 Å². The second-order valence-electron chi connectivity index (χ2n) is 4.50. The van der Waals surface area contributed by atoms with Crippen molar-refractivity contribution in [3.8, 4) is 0 Å². The van der Waals surface area contributed by atoms with Crippen molar-refractivity contribution in [1.29, 1.82) is 0 Å². The SMILES string of the molecule is Cc1ccc(Cl)c2c1[C@H]1CNC[C@@H]1NC2=O. The molecule has 0 aliphatic carbocycles. The Morgan fingerprint density at radius 2 is 2.19 bits per heavy atom. The van der Waals surface area contributed by atoms with E-state index in [1.165, 1.54) is 0 Å². The van der Waals surface area contributed by atoms with Crippen LogP contribution < -0.4 is 10.6 Å². The summed E-state index contributed by atoms with van der Waals surface area (Å²) in [6.45, 7) is 3.81. The first-order chi connectivity index (χ1) is 7.68. The quantitative estimate of drug-likeness (QED) is 0.716. The molecule has 2 atom stereocenters. The molecule has 0 unspecified atom stereocenters. The molecule has 1 amide bonds. The molecule has 16 heavy (non-hydrogen) atoms. The van der Waals surface area contributed by atoms with Crippen LogP contribution in [0.1, 0.15) is 27.4 Å². The lowest BCUT2D eigenvalue weighted by molar-refractivity contribution is 0.0924. The highest BCUT2D eigenvalue weighted by Crippen LogP contribution is 2.36. The van der Waals surface area contributed by atoms with Gasteiger partial charge in [-0.15, -0.1) is 0 Å². The third-order valence-electron chi connectivity index (χ3n) is 3.54. The standard InChI is InChI=1S/C12H13ClN2O/c1-6-2-3-8(13)11-10(6)7-4-14-5-9(7)15-12(11)16/h2-3,7,9,14H,4-5H2,1H3,(H,15,16)/t7-,9-/m0/s1. The number of carbonyl (C=O) groups excluding carboxylic acids is 1. The predicted molar refractivity (Wildman–Crippen MR) is 63.1 cm³/mol. The molecule has 3 nitrogen and oxygen atoms in total. The minimum absolute atomic E-state index is 0.0337. The van der Waals surface area contributed by atoms with Gasteiger partial charge in [-0.05, 0) is 24.1 Å². The summed E-state index contributed by atoms with van der Waals surface area (Å²) in [7, 11) is 0. The summed E-state index contributed by atoms with van der Waals surface area (Å²) in [6, 6.07) is 4.02. The second kappa shape index (κ2) is 3.47. The summed E-state index contributed by atoms with van der Waals surface area (Å²) in [4.78, 5) is 12.0. The van der Waals surface area contributed by atoms with Gasteiger partial charge in [0.05, 0.1) is 10.6 Å². The predicted octanol–water partition coefficient (Wildman–Crippen LogP) is 1.45. The average molecular weight is 237 g/mol. The molecule has 3 rings (SSSR count). The van der Waals surface area contributed by atoms with Gasteiger partial charge >= 0.3 is 0 Å². The fourth-order valence-corrected chi connectivity index (χ4v) is 3.03. The lowest BCUT2D eigenvalue weighted by Gasteiger charge is -2.30. The van der Waals surface area contributed by atoms with E-state index in [2.05, 4.69) is 10.6 Å². The van der Waals surface area contributed by atoms with Crippen LogP contribution in [0.2, 0.25) is 5.02 Å². The van der Waals surface area contributed by atoms with Crippen molar-refractivity contribution >= 4 is 17.5 Å². The molecule has 0 radical (unpaired) electrons. The summed E-state index contributed by atoms with van der Waals surface area (Å²) in [5.41, 5.74) is 2.96. The van der Waals surface area contributed by atoms with E-state index >= 15 is 0 Å². The number of carbonyl (C=O) groups is 1. The first kappa shape index (κ1) is 10.1. The molecule has 2 heterocycles. The molecule has 1 fully saturated rings. The number of hydrogen-bond donors (Lipinski definition) is 2. The zero-order valence-corrected chi connectivity index (χ0v) is 9.77. The number of amides is 1. The van der Waals surface area contributed by atoms with E-state index in [0.29, 0.717) is 16.5 Å². The van der Waals surface area contributed by atoms with Gasteiger partial charge in [-0.25, -0.2) is 0 Å². The Labute approximate surface area is 99.2 Å². The molecule has 2 aliphatic rings. The van der Waals surface area contributed by atoms with Crippen molar-refractivity contribution in [3.63, 3.8) is 0 Å². The first-order valence-corrected chi connectivity index (χ1v) is 5.87. The highest BCUT2D eigenvalue weighted by Gasteiger charge is 2.38. The molecule has 4 heteroatoms.